The molecular formula is C17H25N5O2. The molecule has 1 aromatic heterocycles. The fourth-order valence-electron chi connectivity index (χ4n) is 2.18. The van der Waals surface area contributed by atoms with E-state index in [1.807, 2.05) is 63.6 Å². The maximum Gasteiger partial charge on any atom is 0.407 e. The summed E-state index contributed by atoms with van der Waals surface area (Å²) in [6.45, 7) is 7.97. The Morgan fingerprint density at radius 3 is 2.75 bits per heavy atom. The predicted octanol–water partition coefficient (Wildman–Crippen LogP) is 2.81. The summed E-state index contributed by atoms with van der Waals surface area (Å²) in [4.78, 5) is 11.7. The highest BCUT2D eigenvalue weighted by Gasteiger charge is 2.16. The molecule has 0 bridgehead atoms. The minimum absolute atomic E-state index is 0.0484. The van der Waals surface area contributed by atoms with Gasteiger partial charge in [-0.15, -0.1) is 10.2 Å². The van der Waals surface area contributed by atoms with Crippen molar-refractivity contribution in [2.45, 2.75) is 39.3 Å². The molecule has 7 nitrogen and oxygen atoms in total. The number of alkyl carbamates (subject to hydrolysis) is 1. The van der Waals surface area contributed by atoms with E-state index in [1.54, 1.807) is 6.33 Å². The van der Waals surface area contributed by atoms with Gasteiger partial charge in [-0.2, -0.15) is 0 Å². The highest BCUT2D eigenvalue weighted by atomic mass is 16.6. The molecule has 0 spiro atoms. The van der Waals surface area contributed by atoms with E-state index in [-0.39, 0.29) is 6.04 Å². The zero-order valence-corrected chi connectivity index (χ0v) is 14.8. The van der Waals surface area contributed by atoms with Gasteiger partial charge in [0.1, 0.15) is 11.9 Å². The summed E-state index contributed by atoms with van der Waals surface area (Å²) in [7, 11) is 1.91. The Morgan fingerprint density at radius 2 is 2.12 bits per heavy atom. The van der Waals surface area contributed by atoms with E-state index in [4.69, 9.17) is 4.74 Å². The number of carbonyl (C=O) groups excluding carboxylic acids is 1. The van der Waals surface area contributed by atoms with Crippen LogP contribution in [-0.4, -0.2) is 39.0 Å². The lowest BCUT2D eigenvalue weighted by atomic mass is 10.1. The number of hydrogen-bond acceptors (Lipinski definition) is 5. The molecule has 0 aliphatic heterocycles. The van der Waals surface area contributed by atoms with E-state index in [0.717, 1.165) is 17.1 Å². The summed E-state index contributed by atoms with van der Waals surface area (Å²) in [6, 6.07) is 7.98. The second-order valence-corrected chi connectivity index (χ2v) is 6.77. The first-order valence-electron chi connectivity index (χ1n) is 7.92. The smallest absolute Gasteiger partial charge is 0.407 e. The van der Waals surface area contributed by atoms with Crippen molar-refractivity contribution in [1.82, 2.24) is 20.1 Å². The van der Waals surface area contributed by atoms with E-state index >= 15 is 0 Å². The Balaban J connectivity index is 1.92. The number of amides is 1. The number of aryl methyl sites for hydroxylation is 1. The van der Waals surface area contributed by atoms with Crippen molar-refractivity contribution in [2.75, 3.05) is 11.9 Å². The quantitative estimate of drug-likeness (QED) is 0.880. The number of nitrogens with zero attached hydrogens (tertiary/aromatic N) is 3. The molecule has 1 atom stereocenters. The summed E-state index contributed by atoms with van der Waals surface area (Å²) >= 11 is 0. The molecular weight excluding hydrogens is 306 g/mol. The SMILES string of the molecule is CC(CNC(=O)OC(C)(C)C)Nc1cccc(-c2nncn2C)c1. The standard InChI is InChI=1S/C17H25N5O2/c1-12(10-18-16(23)24-17(2,3)4)20-14-8-6-7-13(9-14)15-21-19-11-22(15)5/h6-9,11-12,20H,10H2,1-5H3,(H,18,23). The average Bonchev–Trinajstić information content (AvgIpc) is 2.90. The second kappa shape index (κ2) is 7.33. The van der Waals surface area contributed by atoms with Crippen LogP contribution in [0.4, 0.5) is 10.5 Å². The van der Waals surface area contributed by atoms with Crippen LogP contribution >= 0.6 is 0 Å². The van der Waals surface area contributed by atoms with Gasteiger partial charge in [0.2, 0.25) is 0 Å². The molecule has 24 heavy (non-hydrogen) atoms. The number of nitrogens with one attached hydrogen (secondary N) is 2. The summed E-state index contributed by atoms with van der Waals surface area (Å²) in [6.07, 6.45) is 1.26. The molecule has 0 fully saturated rings. The van der Waals surface area contributed by atoms with Gasteiger partial charge in [0.05, 0.1) is 0 Å². The normalized spacial score (nSPS) is 12.5. The average molecular weight is 331 g/mol. The minimum atomic E-state index is -0.495. The molecule has 2 N–H and O–H groups in total. The summed E-state index contributed by atoms with van der Waals surface area (Å²) in [5.41, 5.74) is 1.44. The third-order valence-corrected chi connectivity index (χ3v) is 3.20. The maximum atomic E-state index is 11.7. The van der Waals surface area contributed by atoms with Crippen LogP contribution in [0.2, 0.25) is 0 Å². The van der Waals surface area contributed by atoms with Crippen molar-refractivity contribution in [3.05, 3.63) is 30.6 Å². The van der Waals surface area contributed by atoms with Crippen LogP contribution in [0.1, 0.15) is 27.7 Å². The maximum absolute atomic E-state index is 11.7. The first kappa shape index (κ1) is 17.8. The van der Waals surface area contributed by atoms with Gasteiger partial charge >= 0.3 is 6.09 Å². The molecule has 2 rings (SSSR count). The number of anilines is 1. The topological polar surface area (TPSA) is 81.1 Å². The van der Waals surface area contributed by atoms with Crippen molar-refractivity contribution in [1.29, 1.82) is 0 Å². The van der Waals surface area contributed by atoms with Crippen LogP contribution < -0.4 is 10.6 Å². The lowest BCUT2D eigenvalue weighted by Gasteiger charge is -2.21. The van der Waals surface area contributed by atoms with Gasteiger partial charge in [0.15, 0.2) is 5.82 Å². The van der Waals surface area contributed by atoms with Crippen molar-refractivity contribution >= 4 is 11.8 Å². The molecule has 0 aliphatic rings. The van der Waals surface area contributed by atoms with Crippen LogP contribution in [0.3, 0.4) is 0 Å². The number of aromatic nitrogens is 3. The predicted molar refractivity (Wildman–Crippen MR) is 93.8 cm³/mol. The molecule has 1 amide bonds. The molecule has 0 aliphatic carbocycles. The minimum Gasteiger partial charge on any atom is -0.444 e. The Bertz CT molecular complexity index is 690. The van der Waals surface area contributed by atoms with E-state index in [9.17, 15) is 4.79 Å². The fraction of sp³-hybridized carbons (Fsp3) is 0.471. The van der Waals surface area contributed by atoms with Crippen molar-refractivity contribution in [2.24, 2.45) is 7.05 Å². The molecule has 0 radical (unpaired) electrons. The third-order valence-electron chi connectivity index (χ3n) is 3.20. The van der Waals surface area contributed by atoms with Gasteiger partial charge < -0.3 is 19.9 Å². The van der Waals surface area contributed by atoms with Gasteiger partial charge in [0.25, 0.3) is 0 Å². The first-order chi connectivity index (χ1) is 11.2. The Hall–Kier alpha value is -2.57. The monoisotopic (exact) mass is 331 g/mol. The molecule has 1 heterocycles. The zero-order chi connectivity index (χ0) is 17.7. The fourth-order valence-corrected chi connectivity index (χ4v) is 2.18. The van der Waals surface area contributed by atoms with Crippen LogP contribution in [0.25, 0.3) is 11.4 Å². The van der Waals surface area contributed by atoms with Crippen LogP contribution in [0, 0.1) is 0 Å². The van der Waals surface area contributed by atoms with Crippen molar-refractivity contribution < 1.29 is 9.53 Å². The van der Waals surface area contributed by atoms with Crippen LogP contribution in [0.5, 0.6) is 0 Å². The summed E-state index contributed by atoms with van der Waals surface area (Å²) in [5, 5.41) is 14.1. The van der Waals surface area contributed by atoms with E-state index in [0.29, 0.717) is 6.54 Å². The highest BCUT2D eigenvalue weighted by molar-refractivity contribution is 5.68. The Labute approximate surface area is 142 Å². The van der Waals surface area contributed by atoms with Crippen molar-refractivity contribution in [3.8, 4) is 11.4 Å². The number of hydrogen-bond donors (Lipinski definition) is 2. The first-order valence-corrected chi connectivity index (χ1v) is 7.92. The highest BCUT2D eigenvalue weighted by Crippen LogP contribution is 2.20. The molecule has 1 aromatic carbocycles. The lowest BCUT2D eigenvalue weighted by Crippen LogP contribution is -2.38. The van der Waals surface area contributed by atoms with Gasteiger partial charge in [0, 0.05) is 30.9 Å². The number of rotatable bonds is 5. The number of carbonyl (C=O) groups is 1. The number of ether oxygens (including phenoxy) is 1. The second-order valence-electron chi connectivity index (χ2n) is 6.77. The van der Waals surface area contributed by atoms with E-state index in [1.165, 1.54) is 0 Å². The molecule has 130 valence electrons. The molecule has 1 unspecified atom stereocenters. The summed E-state index contributed by atoms with van der Waals surface area (Å²) < 4.78 is 7.09. The van der Waals surface area contributed by atoms with Gasteiger partial charge in [-0.1, -0.05) is 12.1 Å². The van der Waals surface area contributed by atoms with Crippen LogP contribution in [-0.2, 0) is 11.8 Å². The van der Waals surface area contributed by atoms with Crippen molar-refractivity contribution in [3.63, 3.8) is 0 Å². The molecule has 2 aromatic rings. The van der Waals surface area contributed by atoms with Gasteiger partial charge in [-0.05, 0) is 39.8 Å². The molecule has 0 saturated heterocycles. The lowest BCUT2D eigenvalue weighted by molar-refractivity contribution is 0.0526. The number of benzene rings is 1. The molecule has 0 saturated carbocycles. The van der Waals surface area contributed by atoms with Gasteiger partial charge in [-0.3, -0.25) is 0 Å². The summed E-state index contributed by atoms with van der Waals surface area (Å²) in [5.74, 6) is 0.804. The van der Waals surface area contributed by atoms with E-state index in [2.05, 4.69) is 20.8 Å². The largest absolute Gasteiger partial charge is 0.444 e. The van der Waals surface area contributed by atoms with Crippen LogP contribution in [0.15, 0.2) is 30.6 Å². The Morgan fingerprint density at radius 1 is 1.38 bits per heavy atom. The van der Waals surface area contributed by atoms with Gasteiger partial charge in [-0.25, -0.2) is 4.79 Å². The molecule has 7 heteroatoms. The Kier molecular flexibility index (Phi) is 5.43. The van der Waals surface area contributed by atoms with E-state index < -0.39 is 11.7 Å². The zero-order valence-electron chi connectivity index (χ0n) is 14.8. The third kappa shape index (κ3) is 5.26.